The molecule has 2 aromatic carbocycles. The first-order chi connectivity index (χ1) is 24.3. The molecule has 3 aromatic rings. The normalized spacial score (nSPS) is 12.0. The molecule has 0 spiro atoms. The van der Waals surface area contributed by atoms with Crippen molar-refractivity contribution in [2.24, 2.45) is 5.92 Å². The third-order valence-corrected chi connectivity index (χ3v) is 7.22. The number of benzene rings is 2. The van der Waals surface area contributed by atoms with Gasteiger partial charge in [-0.1, -0.05) is 60.7 Å². The molecule has 0 saturated heterocycles. The van der Waals surface area contributed by atoms with Crippen molar-refractivity contribution in [1.29, 1.82) is 0 Å². The summed E-state index contributed by atoms with van der Waals surface area (Å²) in [5, 5.41) is 28.4. The Morgan fingerprint density at radius 2 is 1.20 bits per heavy atom. The quantitative estimate of drug-likeness (QED) is 0.0548. The zero-order valence-corrected chi connectivity index (χ0v) is 28.3. The van der Waals surface area contributed by atoms with E-state index < -0.39 is 55.2 Å². The Kier molecular flexibility index (Phi) is 17.3. The monoisotopic (exact) mass is 695 g/mol. The van der Waals surface area contributed by atoms with Crippen molar-refractivity contribution in [2.75, 3.05) is 64.4 Å². The molecule has 1 amide bonds. The van der Waals surface area contributed by atoms with Gasteiger partial charge in [-0.3, -0.25) is 14.4 Å². The number of methoxy groups -OCH3 is 2. The number of ether oxygens (including phenoxy) is 4. The topological polar surface area (TPSA) is 208 Å². The smallest absolute Gasteiger partial charge is 0.331 e. The molecule has 0 fully saturated rings. The average Bonchev–Trinajstić information content (AvgIpc) is 3.15. The molecule has 2 atom stereocenters. The fourth-order valence-electron chi connectivity index (χ4n) is 4.51. The first-order valence-electron chi connectivity index (χ1n) is 16.2. The van der Waals surface area contributed by atoms with Crippen LogP contribution in [0, 0.1) is 5.92 Å². The number of nitrogens with zero attached hydrogens (tertiary/aromatic N) is 2. The van der Waals surface area contributed by atoms with Gasteiger partial charge >= 0.3 is 11.9 Å². The van der Waals surface area contributed by atoms with Crippen molar-refractivity contribution in [2.45, 2.75) is 38.5 Å². The number of aliphatic hydroxyl groups excluding tert-OH is 2. The van der Waals surface area contributed by atoms with Gasteiger partial charge in [0.1, 0.15) is 13.2 Å². The Morgan fingerprint density at radius 1 is 0.700 bits per heavy atom. The molecular formula is C35H45N5O10. The van der Waals surface area contributed by atoms with Gasteiger partial charge in [-0.2, -0.15) is 0 Å². The molecule has 15 nitrogen and oxygen atoms in total. The predicted molar refractivity (Wildman–Crippen MR) is 182 cm³/mol. The molecule has 50 heavy (non-hydrogen) atoms. The SMILES string of the molecule is COCCCNc1nc(C(=O)NC(CO)C(=O)OCc2ccccc2)c(NCCCOC)nc1C(=O)CC(CO)C(=O)OCc1ccccc1. The van der Waals surface area contributed by atoms with E-state index in [1.807, 2.05) is 12.1 Å². The summed E-state index contributed by atoms with van der Waals surface area (Å²) in [6.07, 6.45) is 0.555. The zero-order chi connectivity index (χ0) is 36.1. The van der Waals surface area contributed by atoms with E-state index in [4.69, 9.17) is 18.9 Å². The van der Waals surface area contributed by atoms with Gasteiger partial charge in [-0.05, 0) is 24.0 Å². The van der Waals surface area contributed by atoms with Crippen LogP contribution in [0.2, 0.25) is 0 Å². The lowest BCUT2D eigenvalue weighted by atomic mass is 10.0. The number of aliphatic hydroxyl groups is 2. The molecule has 15 heteroatoms. The summed E-state index contributed by atoms with van der Waals surface area (Å²) >= 11 is 0. The minimum Gasteiger partial charge on any atom is -0.461 e. The number of rotatable bonds is 23. The Hall–Kier alpha value is -4.96. The molecule has 1 aromatic heterocycles. The van der Waals surface area contributed by atoms with Gasteiger partial charge in [0.25, 0.3) is 5.91 Å². The van der Waals surface area contributed by atoms with Gasteiger partial charge in [-0.25, -0.2) is 14.8 Å². The minimum absolute atomic E-state index is 0.0372. The van der Waals surface area contributed by atoms with Gasteiger partial charge in [0.2, 0.25) is 0 Å². The van der Waals surface area contributed by atoms with Crippen LogP contribution < -0.4 is 16.0 Å². The molecule has 270 valence electrons. The summed E-state index contributed by atoms with van der Waals surface area (Å²) in [6, 6.07) is 16.4. The number of hydrogen-bond donors (Lipinski definition) is 5. The molecular weight excluding hydrogens is 650 g/mol. The number of Topliss-reactive ketones (excluding diaryl/α,β-unsaturated/α-hetero) is 1. The molecule has 1 heterocycles. The number of amides is 1. The number of anilines is 2. The number of carbonyl (C=O) groups is 4. The molecule has 5 N–H and O–H groups in total. The average molecular weight is 696 g/mol. The standard InChI is InChI=1S/C35H45N5O10/c1-47-17-9-15-36-31-29(28(43)19-26(20-41)34(45)49-22-24-11-5-3-6-12-24)39-32(37-16-10-18-48-2)30(40-31)33(44)38-27(21-42)35(46)50-23-25-13-7-4-8-14-25/h3-8,11-14,26-27,41-42H,9-10,15-23H2,1-2H3,(H,36,40)(H,37,39)(H,38,44). The second-order valence-electron chi connectivity index (χ2n) is 11.1. The van der Waals surface area contributed by atoms with Crippen LogP contribution in [0.3, 0.4) is 0 Å². The molecule has 0 radical (unpaired) electrons. The summed E-state index contributed by atoms with van der Waals surface area (Å²) in [4.78, 5) is 61.8. The first-order valence-corrected chi connectivity index (χ1v) is 16.2. The van der Waals surface area contributed by atoms with Crippen molar-refractivity contribution >= 4 is 35.3 Å². The fourth-order valence-corrected chi connectivity index (χ4v) is 4.51. The van der Waals surface area contributed by atoms with Gasteiger partial charge < -0.3 is 45.1 Å². The van der Waals surface area contributed by atoms with Crippen LogP contribution in [0.5, 0.6) is 0 Å². The van der Waals surface area contributed by atoms with E-state index in [-0.39, 0.29) is 49.3 Å². The highest BCUT2D eigenvalue weighted by atomic mass is 16.5. The summed E-state index contributed by atoms with van der Waals surface area (Å²) in [7, 11) is 3.07. The molecule has 0 aliphatic heterocycles. The Balaban J connectivity index is 1.87. The summed E-state index contributed by atoms with van der Waals surface area (Å²) in [5.41, 5.74) is 0.991. The number of hydrogen-bond acceptors (Lipinski definition) is 14. The molecule has 2 unspecified atom stereocenters. The Bertz CT molecular complexity index is 1400. The summed E-state index contributed by atoms with van der Waals surface area (Å²) in [5.74, 6) is -4.51. The fraction of sp³-hybridized carbons (Fsp3) is 0.429. The van der Waals surface area contributed by atoms with Crippen LogP contribution in [-0.2, 0) is 41.8 Å². The maximum absolute atomic E-state index is 13.7. The van der Waals surface area contributed by atoms with Gasteiger partial charge in [-0.15, -0.1) is 0 Å². The van der Waals surface area contributed by atoms with E-state index in [1.54, 1.807) is 48.5 Å². The van der Waals surface area contributed by atoms with Gasteiger partial charge in [0.05, 0.1) is 19.1 Å². The number of esters is 2. The lowest BCUT2D eigenvalue weighted by Crippen LogP contribution is -2.45. The molecule has 0 saturated carbocycles. The van der Waals surface area contributed by atoms with Gasteiger partial charge in [0.15, 0.2) is 34.8 Å². The number of ketones is 1. The molecule has 0 aliphatic carbocycles. The van der Waals surface area contributed by atoms with E-state index in [9.17, 15) is 29.4 Å². The lowest BCUT2D eigenvalue weighted by molar-refractivity contribution is -0.151. The number of aromatic nitrogens is 2. The maximum Gasteiger partial charge on any atom is 0.331 e. The van der Waals surface area contributed by atoms with Crippen molar-refractivity contribution < 1.29 is 48.3 Å². The van der Waals surface area contributed by atoms with Crippen molar-refractivity contribution in [3.05, 3.63) is 83.2 Å². The van der Waals surface area contributed by atoms with E-state index in [1.165, 1.54) is 14.2 Å². The molecule has 0 aliphatic rings. The van der Waals surface area contributed by atoms with E-state index in [2.05, 4.69) is 25.9 Å². The summed E-state index contributed by atoms with van der Waals surface area (Å²) < 4.78 is 20.8. The van der Waals surface area contributed by atoms with Crippen LogP contribution in [0.4, 0.5) is 11.6 Å². The zero-order valence-electron chi connectivity index (χ0n) is 28.3. The lowest BCUT2D eigenvalue weighted by Gasteiger charge is -2.19. The van der Waals surface area contributed by atoms with Crippen molar-refractivity contribution in [3.8, 4) is 0 Å². The third-order valence-electron chi connectivity index (χ3n) is 7.22. The Labute approximate surface area is 290 Å². The van der Waals surface area contributed by atoms with Gasteiger partial charge in [0, 0.05) is 46.9 Å². The highest BCUT2D eigenvalue weighted by Gasteiger charge is 2.30. The largest absolute Gasteiger partial charge is 0.461 e. The van der Waals surface area contributed by atoms with Crippen LogP contribution in [-0.4, -0.2) is 104 Å². The second kappa shape index (κ2) is 21.9. The van der Waals surface area contributed by atoms with E-state index in [0.717, 1.165) is 11.1 Å². The second-order valence-corrected chi connectivity index (χ2v) is 11.1. The van der Waals surface area contributed by atoms with Crippen LogP contribution in [0.15, 0.2) is 60.7 Å². The molecule has 0 bridgehead atoms. The number of nitrogens with one attached hydrogen (secondary N) is 3. The highest BCUT2D eigenvalue weighted by molar-refractivity contribution is 6.04. The third kappa shape index (κ3) is 12.8. The maximum atomic E-state index is 13.7. The highest BCUT2D eigenvalue weighted by Crippen LogP contribution is 2.22. The number of carbonyl (C=O) groups excluding carboxylic acids is 4. The first kappa shape index (κ1) is 39.5. The van der Waals surface area contributed by atoms with Crippen LogP contribution >= 0.6 is 0 Å². The van der Waals surface area contributed by atoms with E-state index in [0.29, 0.717) is 26.1 Å². The summed E-state index contributed by atoms with van der Waals surface area (Å²) in [6.45, 7) is -0.207. The van der Waals surface area contributed by atoms with E-state index >= 15 is 0 Å². The Morgan fingerprint density at radius 3 is 1.70 bits per heavy atom. The molecule has 3 rings (SSSR count). The van der Waals surface area contributed by atoms with Crippen LogP contribution in [0.1, 0.15) is 51.4 Å². The minimum atomic E-state index is -1.43. The van der Waals surface area contributed by atoms with Crippen molar-refractivity contribution in [1.82, 2.24) is 15.3 Å². The predicted octanol–water partition coefficient (Wildman–Crippen LogP) is 2.13. The van der Waals surface area contributed by atoms with Crippen molar-refractivity contribution in [3.63, 3.8) is 0 Å². The van der Waals surface area contributed by atoms with Crippen LogP contribution in [0.25, 0.3) is 0 Å².